The van der Waals surface area contributed by atoms with Gasteiger partial charge in [0.1, 0.15) is 0 Å². The van der Waals surface area contributed by atoms with E-state index in [-0.39, 0.29) is 0 Å². The Hall–Kier alpha value is -0.380. The van der Waals surface area contributed by atoms with Crippen molar-refractivity contribution < 1.29 is 4.74 Å². The van der Waals surface area contributed by atoms with Crippen molar-refractivity contribution in [2.75, 3.05) is 6.61 Å². The van der Waals surface area contributed by atoms with E-state index in [0.717, 1.165) is 13.0 Å². The average Bonchev–Trinajstić information content (AvgIpc) is 2.83. The fraction of sp³-hybridized carbons (Fsp3) is 0.714. The third kappa shape index (κ3) is 3.80. The molecule has 0 aliphatic carbocycles. The van der Waals surface area contributed by atoms with Crippen molar-refractivity contribution in [3.05, 3.63) is 22.4 Å². The average molecular weight is 253 g/mol. The highest BCUT2D eigenvalue weighted by Gasteiger charge is 2.23. The molecule has 1 aromatic heterocycles. The van der Waals surface area contributed by atoms with Gasteiger partial charge in [-0.25, -0.2) is 0 Å². The van der Waals surface area contributed by atoms with E-state index in [4.69, 9.17) is 4.74 Å². The quantitative estimate of drug-likeness (QED) is 0.863. The Bertz CT molecular complexity index is 310. The third-order valence-electron chi connectivity index (χ3n) is 3.43. The Kier molecular flexibility index (Phi) is 5.01. The molecular formula is C14H23NOS. The normalized spacial score (nSPS) is 26.9. The Labute approximate surface area is 108 Å². The van der Waals surface area contributed by atoms with Gasteiger partial charge in [0.15, 0.2) is 0 Å². The van der Waals surface area contributed by atoms with E-state index in [0.29, 0.717) is 18.2 Å². The molecule has 1 saturated heterocycles. The SMILES string of the molecule is CCCC1CC(N[C@H](C)c2cccs2)CCO1. The van der Waals surface area contributed by atoms with Gasteiger partial charge < -0.3 is 10.1 Å². The molecule has 0 bridgehead atoms. The standard InChI is InChI=1S/C14H23NOS/c1-3-5-13-10-12(7-8-16-13)15-11(2)14-6-4-9-17-14/h4,6,9,11-13,15H,3,5,7-8,10H2,1-2H3/t11-,12?,13?/m1/s1. The number of ether oxygens (including phenoxy) is 1. The Morgan fingerprint density at radius 3 is 3.18 bits per heavy atom. The zero-order valence-electron chi connectivity index (χ0n) is 10.8. The molecule has 1 aromatic rings. The fourth-order valence-corrected chi connectivity index (χ4v) is 3.27. The number of nitrogens with one attached hydrogen (secondary N) is 1. The Morgan fingerprint density at radius 2 is 2.47 bits per heavy atom. The molecule has 0 saturated carbocycles. The maximum Gasteiger partial charge on any atom is 0.0589 e. The molecule has 2 unspecified atom stereocenters. The first kappa shape index (κ1) is 13.1. The number of rotatable bonds is 5. The van der Waals surface area contributed by atoms with Crippen LogP contribution in [0.1, 0.15) is 50.4 Å². The molecule has 0 spiro atoms. The van der Waals surface area contributed by atoms with Gasteiger partial charge in [-0.15, -0.1) is 11.3 Å². The van der Waals surface area contributed by atoms with Crippen LogP contribution in [0.4, 0.5) is 0 Å². The van der Waals surface area contributed by atoms with Gasteiger partial charge in [-0.05, 0) is 37.6 Å². The van der Waals surface area contributed by atoms with Gasteiger partial charge in [-0.2, -0.15) is 0 Å². The summed E-state index contributed by atoms with van der Waals surface area (Å²) in [6.45, 7) is 5.41. The minimum atomic E-state index is 0.473. The minimum absolute atomic E-state index is 0.473. The lowest BCUT2D eigenvalue weighted by Gasteiger charge is -2.32. The number of hydrogen-bond donors (Lipinski definition) is 1. The zero-order valence-corrected chi connectivity index (χ0v) is 11.6. The van der Waals surface area contributed by atoms with Gasteiger partial charge >= 0.3 is 0 Å². The molecule has 1 N–H and O–H groups in total. The summed E-state index contributed by atoms with van der Waals surface area (Å²) >= 11 is 1.84. The second-order valence-corrected chi connectivity index (χ2v) is 5.89. The van der Waals surface area contributed by atoms with E-state index >= 15 is 0 Å². The molecule has 3 atom stereocenters. The molecule has 96 valence electrons. The summed E-state index contributed by atoms with van der Waals surface area (Å²) in [5.41, 5.74) is 0. The molecule has 0 aromatic carbocycles. The molecule has 0 amide bonds. The highest BCUT2D eigenvalue weighted by molar-refractivity contribution is 7.10. The van der Waals surface area contributed by atoms with Crippen LogP contribution in [-0.2, 0) is 4.74 Å². The molecule has 1 fully saturated rings. The smallest absolute Gasteiger partial charge is 0.0589 e. The lowest BCUT2D eigenvalue weighted by atomic mass is 9.99. The van der Waals surface area contributed by atoms with Crippen LogP contribution < -0.4 is 5.32 Å². The van der Waals surface area contributed by atoms with Gasteiger partial charge in [0.25, 0.3) is 0 Å². The van der Waals surface area contributed by atoms with Crippen molar-refractivity contribution in [3.8, 4) is 0 Å². The summed E-state index contributed by atoms with van der Waals surface area (Å²) in [6.07, 6.45) is 5.21. The van der Waals surface area contributed by atoms with Crippen molar-refractivity contribution in [1.82, 2.24) is 5.32 Å². The van der Waals surface area contributed by atoms with E-state index in [1.54, 1.807) is 0 Å². The van der Waals surface area contributed by atoms with Crippen molar-refractivity contribution in [2.45, 2.75) is 57.7 Å². The van der Waals surface area contributed by atoms with Crippen LogP contribution in [0.15, 0.2) is 17.5 Å². The van der Waals surface area contributed by atoms with Crippen molar-refractivity contribution in [1.29, 1.82) is 0 Å². The Morgan fingerprint density at radius 1 is 1.59 bits per heavy atom. The maximum atomic E-state index is 5.78. The van der Waals surface area contributed by atoms with Crippen LogP contribution in [0.3, 0.4) is 0 Å². The summed E-state index contributed by atoms with van der Waals surface area (Å²) in [6, 6.07) is 5.44. The van der Waals surface area contributed by atoms with Crippen LogP contribution >= 0.6 is 11.3 Å². The number of thiophene rings is 1. The van der Waals surface area contributed by atoms with Crippen molar-refractivity contribution in [3.63, 3.8) is 0 Å². The van der Waals surface area contributed by atoms with E-state index in [1.165, 1.54) is 24.1 Å². The van der Waals surface area contributed by atoms with E-state index in [9.17, 15) is 0 Å². The predicted molar refractivity (Wildman–Crippen MR) is 73.5 cm³/mol. The van der Waals surface area contributed by atoms with Gasteiger partial charge in [0, 0.05) is 23.6 Å². The topological polar surface area (TPSA) is 21.3 Å². The molecule has 2 rings (SSSR count). The highest BCUT2D eigenvalue weighted by atomic mass is 32.1. The largest absolute Gasteiger partial charge is 0.378 e. The van der Waals surface area contributed by atoms with E-state index in [1.807, 2.05) is 11.3 Å². The molecular weight excluding hydrogens is 230 g/mol. The monoisotopic (exact) mass is 253 g/mol. The summed E-state index contributed by atoms with van der Waals surface area (Å²) in [7, 11) is 0. The van der Waals surface area contributed by atoms with Crippen LogP contribution in [0.2, 0.25) is 0 Å². The second kappa shape index (κ2) is 6.53. The van der Waals surface area contributed by atoms with Crippen molar-refractivity contribution >= 4 is 11.3 Å². The molecule has 17 heavy (non-hydrogen) atoms. The second-order valence-electron chi connectivity index (χ2n) is 4.91. The first-order valence-corrected chi connectivity index (χ1v) is 7.58. The Balaban J connectivity index is 1.82. The van der Waals surface area contributed by atoms with Crippen LogP contribution in [0.5, 0.6) is 0 Å². The maximum absolute atomic E-state index is 5.78. The molecule has 3 heteroatoms. The summed E-state index contributed by atoms with van der Waals surface area (Å²) in [5, 5.41) is 5.89. The molecule has 1 aliphatic heterocycles. The van der Waals surface area contributed by atoms with Gasteiger partial charge in [-0.1, -0.05) is 19.4 Å². The fourth-order valence-electron chi connectivity index (χ4n) is 2.53. The third-order valence-corrected chi connectivity index (χ3v) is 4.49. The summed E-state index contributed by atoms with van der Waals surface area (Å²) in [4.78, 5) is 1.43. The van der Waals surface area contributed by atoms with Crippen molar-refractivity contribution in [2.24, 2.45) is 0 Å². The van der Waals surface area contributed by atoms with Crippen LogP contribution in [-0.4, -0.2) is 18.8 Å². The number of hydrogen-bond acceptors (Lipinski definition) is 3. The van der Waals surface area contributed by atoms with Gasteiger partial charge in [0.2, 0.25) is 0 Å². The van der Waals surface area contributed by atoms with E-state index in [2.05, 4.69) is 36.7 Å². The molecule has 0 radical (unpaired) electrons. The highest BCUT2D eigenvalue weighted by Crippen LogP contribution is 2.23. The molecule has 2 heterocycles. The summed E-state index contributed by atoms with van der Waals surface area (Å²) in [5.74, 6) is 0. The summed E-state index contributed by atoms with van der Waals surface area (Å²) < 4.78 is 5.78. The van der Waals surface area contributed by atoms with Gasteiger partial charge in [-0.3, -0.25) is 0 Å². The molecule has 1 aliphatic rings. The van der Waals surface area contributed by atoms with Crippen LogP contribution in [0.25, 0.3) is 0 Å². The minimum Gasteiger partial charge on any atom is -0.378 e. The van der Waals surface area contributed by atoms with Gasteiger partial charge in [0.05, 0.1) is 6.10 Å². The van der Waals surface area contributed by atoms with Crippen LogP contribution in [0, 0.1) is 0 Å². The molecule has 2 nitrogen and oxygen atoms in total. The first-order valence-electron chi connectivity index (χ1n) is 6.70. The zero-order chi connectivity index (χ0) is 12.1. The lowest BCUT2D eigenvalue weighted by molar-refractivity contribution is -0.00466. The first-order chi connectivity index (χ1) is 8.29. The lowest BCUT2D eigenvalue weighted by Crippen LogP contribution is -2.39. The van der Waals surface area contributed by atoms with E-state index < -0.39 is 0 Å². The predicted octanol–water partition coefficient (Wildman–Crippen LogP) is 3.75.